The minimum absolute atomic E-state index is 0.0537. The van der Waals surface area contributed by atoms with Gasteiger partial charge in [0.15, 0.2) is 11.0 Å². The zero-order chi connectivity index (χ0) is 27.1. The van der Waals surface area contributed by atoms with Crippen molar-refractivity contribution in [2.45, 2.75) is 29.1 Å². The van der Waals surface area contributed by atoms with Crippen molar-refractivity contribution in [3.8, 4) is 22.5 Å². The lowest BCUT2D eigenvalue weighted by molar-refractivity contribution is -0.133. The molecule has 2 aromatic heterocycles. The molecule has 0 bridgehead atoms. The SMILES string of the molecule is Nc1nc2c(-c3ccc(S(=O)(=O)NCCN4CCCCC4=O)c(S(N)(=O)=O)c3-c3nnn[nH]3)cccc2s1. The standard InChI is InChI=1S/C21H23N9O5S3/c22-21-25-18-13(4-3-5-14(18)36-21)12-7-8-15(19(37(23,32)33)17(12)20-26-28-29-27-20)38(34,35)24-9-11-30-10-2-1-6-16(30)31/h3-5,7-8,24H,1-2,6,9-11H2,(H2,22,25)(H2,23,32,33)(H,26,27,28,29). The molecule has 2 aromatic carbocycles. The molecule has 5 rings (SSSR count). The maximum atomic E-state index is 13.4. The van der Waals surface area contributed by atoms with Gasteiger partial charge in [-0.15, -0.1) is 5.10 Å². The van der Waals surface area contributed by atoms with Crippen molar-refractivity contribution in [2.75, 3.05) is 25.4 Å². The number of nitrogen functional groups attached to an aromatic ring is 1. The molecule has 14 nitrogen and oxygen atoms in total. The second-order valence-corrected chi connectivity index (χ2v) is 12.8. The van der Waals surface area contributed by atoms with Gasteiger partial charge in [-0.1, -0.05) is 29.5 Å². The summed E-state index contributed by atoms with van der Waals surface area (Å²) in [4.78, 5) is 16.7. The van der Waals surface area contributed by atoms with Crippen molar-refractivity contribution in [2.24, 2.45) is 5.14 Å². The van der Waals surface area contributed by atoms with Gasteiger partial charge < -0.3 is 10.6 Å². The molecule has 0 radical (unpaired) electrons. The number of thiazole rings is 1. The number of H-pyrrole nitrogens is 1. The molecule has 38 heavy (non-hydrogen) atoms. The average molecular weight is 578 g/mol. The summed E-state index contributed by atoms with van der Waals surface area (Å²) in [7, 11) is -9.05. The average Bonchev–Trinajstić information content (AvgIpc) is 3.52. The van der Waals surface area contributed by atoms with Crippen molar-refractivity contribution in [3.05, 3.63) is 30.3 Å². The molecular formula is C21H23N9O5S3. The van der Waals surface area contributed by atoms with Gasteiger partial charge >= 0.3 is 0 Å². The Morgan fingerprint density at radius 3 is 2.63 bits per heavy atom. The van der Waals surface area contributed by atoms with Crippen LogP contribution in [0.1, 0.15) is 19.3 Å². The Morgan fingerprint density at radius 1 is 1.11 bits per heavy atom. The number of nitrogens with two attached hydrogens (primary N) is 2. The van der Waals surface area contributed by atoms with Gasteiger partial charge in [0.05, 0.1) is 15.8 Å². The summed E-state index contributed by atoms with van der Waals surface area (Å²) in [5, 5.41) is 19.3. The van der Waals surface area contributed by atoms with Crippen LogP contribution in [-0.4, -0.2) is 72.9 Å². The van der Waals surface area contributed by atoms with Crippen LogP contribution in [0.15, 0.2) is 40.1 Å². The van der Waals surface area contributed by atoms with Crippen LogP contribution in [0, 0.1) is 0 Å². The molecule has 6 N–H and O–H groups in total. The van der Waals surface area contributed by atoms with Crippen LogP contribution in [0.5, 0.6) is 0 Å². The second kappa shape index (κ2) is 9.99. The molecule has 1 aliphatic rings. The first-order chi connectivity index (χ1) is 18.1. The van der Waals surface area contributed by atoms with Gasteiger partial charge in [-0.25, -0.2) is 36.8 Å². The van der Waals surface area contributed by atoms with E-state index in [0.29, 0.717) is 29.2 Å². The Labute approximate surface area is 221 Å². The first kappa shape index (κ1) is 26.1. The van der Waals surface area contributed by atoms with E-state index in [9.17, 15) is 21.6 Å². The maximum Gasteiger partial charge on any atom is 0.242 e. The number of hydrogen-bond acceptors (Lipinski definition) is 11. The lowest BCUT2D eigenvalue weighted by Crippen LogP contribution is -2.41. The van der Waals surface area contributed by atoms with Crippen LogP contribution in [0.25, 0.3) is 32.7 Å². The van der Waals surface area contributed by atoms with Crippen molar-refractivity contribution < 1.29 is 21.6 Å². The van der Waals surface area contributed by atoms with E-state index in [1.54, 1.807) is 23.1 Å². The van der Waals surface area contributed by atoms with E-state index >= 15 is 0 Å². The number of primary sulfonamides is 1. The number of benzene rings is 2. The third-order valence-corrected chi connectivity index (χ3v) is 9.57. The summed E-state index contributed by atoms with van der Waals surface area (Å²) in [6.45, 7) is 0.566. The predicted molar refractivity (Wildman–Crippen MR) is 140 cm³/mol. The lowest BCUT2D eigenvalue weighted by atomic mass is 9.98. The van der Waals surface area contributed by atoms with E-state index < -0.39 is 29.8 Å². The monoisotopic (exact) mass is 577 g/mol. The molecule has 1 aliphatic heterocycles. The fraction of sp³-hybridized carbons (Fsp3) is 0.286. The van der Waals surface area contributed by atoms with Gasteiger partial charge in [0.1, 0.15) is 9.79 Å². The van der Waals surface area contributed by atoms with Crippen LogP contribution in [-0.2, 0) is 24.8 Å². The van der Waals surface area contributed by atoms with Gasteiger partial charge in [-0.2, -0.15) is 0 Å². The molecule has 17 heteroatoms. The highest BCUT2D eigenvalue weighted by molar-refractivity contribution is 7.92. The third-order valence-electron chi connectivity index (χ3n) is 6.10. The smallest absolute Gasteiger partial charge is 0.242 e. The number of rotatable bonds is 8. The summed E-state index contributed by atoms with van der Waals surface area (Å²) < 4.78 is 55.8. The number of para-hydroxylation sites is 1. The van der Waals surface area contributed by atoms with E-state index in [1.165, 1.54) is 17.4 Å². The van der Waals surface area contributed by atoms with E-state index in [4.69, 9.17) is 10.9 Å². The topological polar surface area (TPSA) is 220 Å². The number of aromatic nitrogens is 5. The first-order valence-electron chi connectivity index (χ1n) is 11.4. The molecular weight excluding hydrogens is 554 g/mol. The molecule has 0 unspecified atom stereocenters. The van der Waals surface area contributed by atoms with E-state index in [2.05, 4.69) is 30.3 Å². The fourth-order valence-corrected chi connectivity index (χ4v) is 7.84. The molecule has 3 heterocycles. The molecule has 200 valence electrons. The molecule has 4 aromatic rings. The predicted octanol–water partition coefficient (Wildman–Crippen LogP) is 0.664. The number of anilines is 1. The fourth-order valence-electron chi connectivity index (χ4n) is 4.46. The number of carbonyl (C=O) groups is 1. The van der Waals surface area contributed by atoms with Gasteiger partial charge in [-0.05, 0) is 41.0 Å². The molecule has 1 amide bonds. The van der Waals surface area contributed by atoms with Crippen LogP contribution >= 0.6 is 11.3 Å². The maximum absolute atomic E-state index is 13.4. The second-order valence-electron chi connectivity index (χ2n) is 8.55. The largest absolute Gasteiger partial charge is 0.375 e. The Balaban J connectivity index is 1.64. The van der Waals surface area contributed by atoms with Crippen LogP contribution in [0.3, 0.4) is 0 Å². The summed E-state index contributed by atoms with van der Waals surface area (Å²) in [6, 6.07) is 7.84. The van der Waals surface area contributed by atoms with Crippen LogP contribution in [0.4, 0.5) is 5.13 Å². The van der Waals surface area contributed by atoms with Gasteiger partial charge in [0, 0.05) is 31.6 Å². The van der Waals surface area contributed by atoms with E-state index in [1.807, 2.05) is 0 Å². The number of nitrogens with one attached hydrogen (secondary N) is 2. The highest BCUT2D eigenvalue weighted by Gasteiger charge is 2.32. The zero-order valence-corrected chi connectivity index (χ0v) is 22.2. The minimum Gasteiger partial charge on any atom is -0.375 e. The quantitative estimate of drug-likeness (QED) is 0.229. The van der Waals surface area contributed by atoms with Crippen molar-refractivity contribution in [1.29, 1.82) is 0 Å². The Bertz CT molecular complexity index is 1740. The Hall–Kier alpha value is -3.51. The molecule has 0 atom stereocenters. The van der Waals surface area contributed by atoms with Crippen molar-refractivity contribution in [3.63, 3.8) is 0 Å². The molecule has 0 spiro atoms. The Kier molecular flexibility index (Phi) is 6.86. The molecule has 0 saturated carbocycles. The van der Waals surface area contributed by atoms with Crippen molar-refractivity contribution >= 4 is 52.6 Å². The Morgan fingerprint density at radius 2 is 1.92 bits per heavy atom. The van der Waals surface area contributed by atoms with Gasteiger partial charge in [-0.3, -0.25) is 4.79 Å². The number of likely N-dealkylation sites (tertiary alicyclic amines) is 1. The molecule has 1 saturated heterocycles. The number of sulfonamides is 2. The lowest BCUT2D eigenvalue weighted by Gasteiger charge is -2.26. The van der Waals surface area contributed by atoms with Crippen molar-refractivity contribution in [1.82, 2.24) is 35.2 Å². The number of piperidine rings is 1. The highest BCUT2D eigenvalue weighted by Crippen LogP contribution is 2.41. The number of hydrogen-bond donors (Lipinski definition) is 4. The van der Waals surface area contributed by atoms with Gasteiger partial charge in [0.25, 0.3) is 0 Å². The van der Waals surface area contributed by atoms with Crippen LogP contribution in [0.2, 0.25) is 0 Å². The number of tetrazole rings is 1. The summed E-state index contributed by atoms with van der Waals surface area (Å²) in [5.41, 5.74) is 7.01. The first-order valence-corrected chi connectivity index (χ1v) is 15.3. The zero-order valence-electron chi connectivity index (χ0n) is 19.8. The van der Waals surface area contributed by atoms with Gasteiger partial charge in [0.2, 0.25) is 26.0 Å². The summed E-state index contributed by atoms with van der Waals surface area (Å²) >= 11 is 1.24. The number of carbonyl (C=O) groups excluding carboxylic acids is 1. The third kappa shape index (κ3) is 4.97. The van der Waals surface area contributed by atoms with E-state index in [-0.39, 0.29) is 35.9 Å². The number of amides is 1. The number of fused-ring (bicyclic) bond motifs is 1. The van der Waals surface area contributed by atoms with Crippen LogP contribution < -0.4 is 15.6 Å². The number of nitrogens with zero attached hydrogens (tertiary/aromatic N) is 5. The molecule has 0 aliphatic carbocycles. The highest BCUT2D eigenvalue weighted by atomic mass is 32.2. The normalized spacial score (nSPS) is 14.9. The summed E-state index contributed by atoms with van der Waals surface area (Å²) in [5.74, 6) is -0.165. The number of aromatic amines is 1. The summed E-state index contributed by atoms with van der Waals surface area (Å²) in [6.07, 6.45) is 2.04. The minimum atomic E-state index is -4.65. The van der Waals surface area contributed by atoms with E-state index in [0.717, 1.165) is 23.6 Å². The molecule has 1 fully saturated rings.